The van der Waals surface area contributed by atoms with Crippen molar-refractivity contribution in [2.75, 3.05) is 5.75 Å². The molecule has 1 amide bonds. The third kappa shape index (κ3) is 4.44. The number of carbonyl (C=O) groups is 3. The van der Waals surface area contributed by atoms with E-state index in [4.69, 9.17) is 0 Å². The second kappa shape index (κ2) is 9.06. The molecule has 2 aromatic rings. The summed E-state index contributed by atoms with van der Waals surface area (Å²) >= 11 is 1.10. The van der Waals surface area contributed by atoms with E-state index in [2.05, 4.69) is 0 Å². The Morgan fingerprint density at radius 1 is 1.04 bits per heavy atom. The van der Waals surface area contributed by atoms with Crippen LogP contribution in [0.2, 0.25) is 0 Å². The van der Waals surface area contributed by atoms with Gasteiger partial charge < -0.3 is 10.0 Å². The van der Waals surface area contributed by atoms with Gasteiger partial charge in [0.2, 0.25) is 11.0 Å². The fourth-order valence-electron chi connectivity index (χ4n) is 3.55. The molecule has 1 fully saturated rings. The zero-order chi connectivity index (χ0) is 20.1. The van der Waals surface area contributed by atoms with Gasteiger partial charge >= 0.3 is 5.97 Å². The molecule has 5 nitrogen and oxygen atoms in total. The molecule has 1 N–H and O–H groups in total. The number of hydrogen-bond donors (Lipinski definition) is 1. The van der Waals surface area contributed by atoms with Gasteiger partial charge in [0.05, 0.1) is 6.04 Å². The predicted octanol–water partition coefficient (Wildman–Crippen LogP) is 4.01. The van der Waals surface area contributed by atoms with Crippen LogP contribution in [0.3, 0.4) is 0 Å². The molecule has 28 heavy (non-hydrogen) atoms. The highest BCUT2D eigenvalue weighted by atomic mass is 32.2. The van der Waals surface area contributed by atoms with Crippen molar-refractivity contribution in [3.63, 3.8) is 0 Å². The first-order valence-corrected chi connectivity index (χ1v) is 10.3. The average molecular weight is 397 g/mol. The first-order valence-electron chi connectivity index (χ1n) is 9.31. The van der Waals surface area contributed by atoms with Crippen molar-refractivity contribution in [3.05, 3.63) is 71.8 Å². The Bertz CT molecular complexity index is 840. The van der Waals surface area contributed by atoms with Crippen molar-refractivity contribution in [1.82, 2.24) is 4.90 Å². The fraction of sp³-hybridized carbons (Fsp3) is 0.318. The van der Waals surface area contributed by atoms with E-state index in [1.807, 2.05) is 36.4 Å². The highest BCUT2D eigenvalue weighted by Crippen LogP contribution is 2.37. The summed E-state index contributed by atoms with van der Waals surface area (Å²) < 4.78 is 0. The van der Waals surface area contributed by atoms with Crippen LogP contribution in [0, 0.1) is 5.92 Å². The van der Waals surface area contributed by atoms with Gasteiger partial charge in [0.15, 0.2) is 0 Å². The summed E-state index contributed by atoms with van der Waals surface area (Å²) in [7, 11) is 0. The number of rotatable bonds is 6. The highest BCUT2D eigenvalue weighted by molar-refractivity contribution is 8.14. The first kappa shape index (κ1) is 20.1. The summed E-state index contributed by atoms with van der Waals surface area (Å²) in [4.78, 5) is 38.6. The zero-order valence-electron chi connectivity index (χ0n) is 15.7. The molecule has 0 spiro atoms. The molecule has 146 valence electrons. The highest BCUT2D eigenvalue weighted by Gasteiger charge is 2.42. The van der Waals surface area contributed by atoms with Crippen LogP contribution in [0.15, 0.2) is 60.7 Å². The number of carboxylic acids is 1. The van der Waals surface area contributed by atoms with Gasteiger partial charge in [-0.2, -0.15) is 0 Å². The molecule has 0 saturated carbocycles. The molecule has 1 aliphatic rings. The standard InChI is InChI=1S/C22H23NO4S/c1-15(14-28-22(27)17-10-6-3-7-11-17)20(24)23-18(12-13-19(23)21(25)26)16-8-4-2-5-9-16/h2-11,15,18-19H,12-14H2,1H3,(H,25,26)/t15-,18?,19?/m1/s1. The van der Waals surface area contributed by atoms with Crippen molar-refractivity contribution in [3.8, 4) is 0 Å². The summed E-state index contributed by atoms with van der Waals surface area (Å²) in [6.07, 6.45) is 1.05. The summed E-state index contributed by atoms with van der Waals surface area (Å²) in [5.74, 6) is -1.33. The number of likely N-dealkylation sites (tertiary alicyclic amines) is 1. The minimum Gasteiger partial charge on any atom is -0.480 e. The summed E-state index contributed by atoms with van der Waals surface area (Å²) in [6, 6.07) is 17.4. The van der Waals surface area contributed by atoms with Crippen molar-refractivity contribution in [1.29, 1.82) is 0 Å². The average Bonchev–Trinajstić information content (AvgIpc) is 3.18. The van der Waals surface area contributed by atoms with E-state index in [0.717, 1.165) is 17.3 Å². The van der Waals surface area contributed by atoms with Gasteiger partial charge in [-0.3, -0.25) is 9.59 Å². The van der Waals surface area contributed by atoms with Gasteiger partial charge in [-0.05, 0) is 18.4 Å². The van der Waals surface area contributed by atoms with Gasteiger partial charge in [0.25, 0.3) is 0 Å². The SMILES string of the molecule is C[C@H](CSC(=O)c1ccccc1)C(=O)N1C(C(=O)O)CCC1c1ccccc1. The van der Waals surface area contributed by atoms with Crippen LogP contribution in [-0.2, 0) is 9.59 Å². The molecular formula is C22H23NO4S. The maximum Gasteiger partial charge on any atom is 0.326 e. The number of thioether (sulfide) groups is 1. The van der Waals surface area contributed by atoms with E-state index < -0.39 is 17.9 Å². The number of benzene rings is 2. The lowest BCUT2D eigenvalue weighted by atomic mass is 10.0. The lowest BCUT2D eigenvalue weighted by molar-refractivity contribution is -0.151. The summed E-state index contributed by atoms with van der Waals surface area (Å²) in [5, 5.41) is 9.51. The minimum absolute atomic E-state index is 0.0870. The smallest absolute Gasteiger partial charge is 0.326 e. The molecule has 2 aromatic carbocycles. The number of carboxylic acid groups (broad SMARTS) is 1. The number of hydrogen-bond acceptors (Lipinski definition) is 4. The normalized spacial score (nSPS) is 20.0. The van der Waals surface area contributed by atoms with Gasteiger partial charge in [-0.1, -0.05) is 79.3 Å². The molecule has 6 heteroatoms. The lowest BCUT2D eigenvalue weighted by Crippen LogP contribution is -2.44. The van der Waals surface area contributed by atoms with Crippen LogP contribution >= 0.6 is 11.8 Å². The molecular weight excluding hydrogens is 374 g/mol. The van der Waals surface area contributed by atoms with Crippen LogP contribution in [0.25, 0.3) is 0 Å². The quantitative estimate of drug-likeness (QED) is 0.797. The second-order valence-corrected chi connectivity index (χ2v) is 7.96. The number of carbonyl (C=O) groups excluding carboxylic acids is 2. The fourth-order valence-corrected chi connectivity index (χ4v) is 4.39. The molecule has 0 aromatic heterocycles. The summed E-state index contributed by atoms with van der Waals surface area (Å²) in [5.41, 5.74) is 1.54. The summed E-state index contributed by atoms with van der Waals surface area (Å²) in [6.45, 7) is 1.76. The molecule has 3 rings (SSSR count). The molecule has 0 bridgehead atoms. The van der Waals surface area contributed by atoms with Gasteiger partial charge in [-0.25, -0.2) is 4.79 Å². The number of amides is 1. The molecule has 2 unspecified atom stereocenters. The number of aliphatic carboxylic acids is 1. The molecule has 1 heterocycles. The Balaban J connectivity index is 1.71. The number of nitrogens with zero attached hydrogens (tertiary/aromatic N) is 1. The van der Waals surface area contributed by atoms with E-state index in [-0.39, 0.29) is 17.1 Å². The predicted molar refractivity (Wildman–Crippen MR) is 109 cm³/mol. The Morgan fingerprint density at radius 3 is 2.25 bits per heavy atom. The lowest BCUT2D eigenvalue weighted by Gasteiger charge is -2.31. The molecule has 1 aliphatic heterocycles. The molecule has 3 atom stereocenters. The van der Waals surface area contributed by atoms with E-state index in [0.29, 0.717) is 24.2 Å². The van der Waals surface area contributed by atoms with E-state index in [9.17, 15) is 19.5 Å². The van der Waals surface area contributed by atoms with Crippen LogP contribution in [0.4, 0.5) is 0 Å². The van der Waals surface area contributed by atoms with E-state index in [1.165, 1.54) is 4.90 Å². The van der Waals surface area contributed by atoms with Crippen molar-refractivity contribution in [2.45, 2.75) is 31.8 Å². The maximum absolute atomic E-state index is 13.1. The largest absolute Gasteiger partial charge is 0.480 e. The van der Waals surface area contributed by atoms with Crippen molar-refractivity contribution >= 4 is 28.8 Å². The van der Waals surface area contributed by atoms with Crippen molar-refractivity contribution < 1.29 is 19.5 Å². The van der Waals surface area contributed by atoms with Gasteiger partial charge in [0.1, 0.15) is 6.04 Å². The molecule has 0 aliphatic carbocycles. The Labute approximate surface area is 168 Å². The Hall–Kier alpha value is -2.60. The molecule has 1 saturated heterocycles. The maximum atomic E-state index is 13.1. The monoisotopic (exact) mass is 397 g/mol. The van der Waals surface area contributed by atoms with Crippen molar-refractivity contribution in [2.24, 2.45) is 5.92 Å². The van der Waals surface area contributed by atoms with Crippen LogP contribution in [0.1, 0.15) is 41.7 Å². The topological polar surface area (TPSA) is 74.7 Å². The third-order valence-electron chi connectivity index (χ3n) is 5.00. The van der Waals surface area contributed by atoms with E-state index >= 15 is 0 Å². The Kier molecular flexibility index (Phi) is 6.52. The van der Waals surface area contributed by atoms with Gasteiger partial charge in [-0.15, -0.1) is 0 Å². The van der Waals surface area contributed by atoms with Crippen LogP contribution in [0.5, 0.6) is 0 Å². The first-order chi connectivity index (χ1) is 13.5. The van der Waals surface area contributed by atoms with Gasteiger partial charge in [0, 0.05) is 17.2 Å². The zero-order valence-corrected chi connectivity index (χ0v) is 16.5. The minimum atomic E-state index is -0.980. The second-order valence-electron chi connectivity index (χ2n) is 6.97. The third-order valence-corrected chi connectivity index (χ3v) is 6.17. The Morgan fingerprint density at radius 2 is 1.64 bits per heavy atom. The van der Waals surface area contributed by atoms with Crippen LogP contribution < -0.4 is 0 Å². The van der Waals surface area contributed by atoms with E-state index in [1.54, 1.807) is 31.2 Å². The molecule has 0 radical (unpaired) electrons. The van der Waals surface area contributed by atoms with Crippen LogP contribution in [-0.4, -0.2) is 38.8 Å².